The Labute approximate surface area is 119 Å². The predicted octanol–water partition coefficient (Wildman–Crippen LogP) is 1.02. The number of nitrogens with one attached hydrogen (secondary N) is 2. The average Bonchev–Trinajstić information content (AvgIpc) is 3.06. The zero-order valence-corrected chi connectivity index (χ0v) is 12.1. The standard InChI is InChI=1S/C14H25N3O3/c1-10(17-6-2-3-7-17)9-15-14(20)16-12-5-4-11(8-12)13(18)19/h10-12H,2-9H2,1H3,(H,18,19)(H2,15,16,20). The molecule has 3 unspecified atom stereocenters. The van der Waals surface area contributed by atoms with Gasteiger partial charge in [-0.3, -0.25) is 9.69 Å². The number of likely N-dealkylation sites (tertiary alicyclic amines) is 1. The number of carbonyl (C=O) groups is 2. The zero-order valence-electron chi connectivity index (χ0n) is 12.1. The number of carbonyl (C=O) groups excluding carboxylic acids is 1. The van der Waals surface area contributed by atoms with Gasteiger partial charge in [-0.1, -0.05) is 0 Å². The SMILES string of the molecule is CC(CNC(=O)NC1CCC(C(=O)O)C1)N1CCCC1. The van der Waals surface area contributed by atoms with Crippen molar-refractivity contribution in [2.75, 3.05) is 19.6 Å². The maximum absolute atomic E-state index is 11.8. The highest BCUT2D eigenvalue weighted by molar-refractivity contribution is 5.75. The Bertz CT molecular complexity index is 356. The van der Waals surface area contributed by atoms with Crippen molar-refractivity contribution >= 4 is 12.0 Å². The summed E-state index contributed by atoms with van der Waals surface area (Å²) in [6.45, 7) is 5.00. The fourth-order valence-electron chi connectivity index (χ4n) is 3.13. The molecule has 0 radical (unpaired) electrons. The molecule has 20 heavy (non-hydrogen) atoms. The largest absolute Gasteiger partial charge is 0.481 e. The Kier molecular flexibility index (Phi) is 5.23. The lowest BCUT2D eigenvalue weighted by Gasteiger charge is -2.24. The van der Waals surface area contributed by atoms with Crippen LogP contribution in [0.25, 0.3) is 0 Å². The molecule has 3 atom stereocenters. The number of carboxylic acids is 1. The Morgan fingerprint density at radius 1 is 1.30 bits per heavy atom. The summed E-state index contributed by atoms with van der Waals surface area (Å²) >= 11 is 0. The number of rotatable bonds is 5. The summed E-state index contributed by atoms with van der Waals surface area (Å²) in [4.78, 5) is 25.1. The Balaban J connectivity index is 1.64. The summed E-state index contributed by atoms with van der Waals surface area (Å²) in [5.74, 6) is -1.05. The van der Waals surface area contributed by atoms with Gasteiger partial charge in [-0.2, -0.15) is 0 Å². The minimum atomic E-state index is -0.752. The lowest BCUT2D eigenvalue weighted by atomic mass is 10.1. The molecule has 2 rings (SSSR count). The van der Waals surface area contributed by atoms with Gasteiger partial charge in [-0.05, 0) is 52.1 Å². The van der Waals surface area contributed by atoms with Crippen molar-refractivity contribution in [3.8, 4) is 0 Å². The molecule has 114 valence electrons. The van der Waals surface area contributed by atoms with Crippen LogP contribution in [0.1, 0.15) is 39.0 Å². The zero-order chi connectivity index (χ0) is 14.5. The fourth-order valence-corrected chi connectivity index (χ4v) is 3.13. The third-order valence-electron chi connectivity index (χ3n) is 4.44. The number of amides is 2. The third kappa shape index (κ3) is 4.10. The van der Waals surface area contributed by atoms with E-state index < -0.39 is 5.97 Å². The predicted molar refractivity (Wildman–Crippen MR) is 75.6 cm³/mol. The van der Waals surface area contributed by atoms with Gasteiger partial charge in [0.2, 0.25) is 0 Å². The lowest BCUT2D eigenvalue weighted by molar-refractivity contribution is -0.141. The molecule has 3 N–H and O–H groups in total. The van der Waals surface area contributed by atoms with E-state index >= 15 is 0 Å². The summed E-state index contributed by atoms with van der Waals surface area (Å²) in [6.07, 6.45) is 4.45. The molecule has 0 aromatic rings. The van der Waals surface area contributed by atoms with Gasteiger partial charge in [-0.15, -0.1) is 0 Å². The highest BCUT2D eigenvalue weighted by atomic mass is 16.4. The molecule has 0 aromatic carbocycles. The first kappa shape index (κ1) is 15.1. The van der Waals surface area contributed by atoms with Crippen LogP contribution in [0.2, 0.25) is 0 Å². The molecule has 1 heterocycles. The van der Waals surface area contributed by atoms with Gasteiger partial charge in [0.25, 0.3) is 0 Å². The maximum atomic E-state index is 11.8. The van der Waals surface area contributed by atoms with Crippen LogP contribution in [0.5, 0.6) is 0 Å². The van der Waals surface area contributed by atoms with Crippen molar-refractivity contribution in [2.24, 2.45) is 5.92 Å². The summed E-state index contributed by atoms with van der Waals surface area (Å²) in [5, 5.41) is 14.7. The van der Waals surface area contributed by atoms with E-state index in [1.54, 1.807) is 0 Å². The molecule has 2 amide bonds. The molecule has 1 aliphatic heterocycles. The van der Waals surface area contributed by atoms with E-state index in [-0.39, 0.29) is 18.0 Å². The Morgan fingerprint density at radius 3 is 2.60 bits per heavy atom. The average molecular weight is 283 g/mol. The molecule has 0 spiro atoms. The third-order valence-corrected chi connectivity index (χ3v) is 4.44. The molecular formula is C14H25N3O3. The second-order valence-corrected chi connectivity index (χ2v) is 5.99. The molecule has 2 aliphatic rings. The molecule has 6 heteroatoms. The van der Waals surface area contributed by atoms with Gasteiger partial charge < -0.3 is 15.7 Å². The van der Waals surface area contributed by atoms with Crippen LogP contribution in [0, 0.1) is 5.92 Å². The van der Waals surface area contributed by atoms with Gasteiger partial charge >= 0.3 is 12.0 Å². The van der Waals surface area contributed by atoms with Gasteiger partial charge in [0.05, 0.1) is 5.92 Å². The van der Waals surface area contributed by atoms with Gasteiger partial charge in [0.15, 0.2) is 0 Å². The van der Waals surface area contributed by atoms with Crippen LogP contribution in [-0.2, 0) is 4.79 Å². The molecule has 1 saturated carbocycles. The number of hydrogen-bond donors (Lipinski definition) is 3. The van der Waals surface area contributed by atoms with Gasteiger partial charge in [0.1, 0.15) is 0 Å². The smallest absolute Gasteiger partial charge is 0.315 e. The van der Waals surface area contributed by atoms with E-state index in [1.165, 1.54) is 12.8 Å². The quantitative estimate of drug-likeness (QED) is 0.703. The Morgan fingerprint density at radius 2 is 2.00 bits per heavy atom. The number of aliphatic carboxylic acids is 1. The van der Waals surface area contributed by atoms with Crippen molar-refractivity contribution in [3.63, 3.8) is 0 Å². The maximum Gasteiger partial charge on any atom is 0.315 e. The van der Waals surface area contributed by atoms with Crippen molar-refractivity contribution in [2.45, 2.75) is 51.1 Å². The summed E-state index contributed by atoms with van der Waals surface area (Å²) in [6, 6.07) is 0.184. The van der Waals surface area contributed by atoms with E-state index in [0.717, 1.165) is 19.5 Å². The highest BCUT2D eigenvalue weighted by Gasteiger charge is 2.30. The van der Waals surface area contributed by atoms with Crippen molar-refractivity contribution < 1.29 is 14.7 Å². The van der Waals surface area contributed by atoms with E-state index in [9.17, 15) is 9.59 Å². The number of urea groups is 1. The number of nitrogens with zero attached hydrogens (tertiary/aromatic N) is 1. The van der Waals surface area contributed by atoms with E-state index in [2.05, 4.69) is 22.5 Å². The first-order chi connectivity index (χ1) is 9.56. The van der Waals surface area contributed by atoms with Crippen molar-refractivity contribution in [1.29, 1.82) is 0 Å². The fraction of sp³-hybridized carbons (Fsp3) is 0.857. The Hall–Kier alpha value is -1.30. The van der Waals surface area contributed by atoms with Crippen LogP contribution in [0.4, 0.5) is 4.79 Å². The lowest BCUT2D eigenvalue weighted by Crippen LogP contribution is -2.46. The second-order valence-electron chi connectivity index (χ2n) is 5.99. The van der Waals surface area contributed by atoms with Crippen LogP contribution in [-0.4, -0.2) is 53.7 Å². The van der Waals surface area contributed by atoms with E-state index in [4.69, 9.17) is 5.11 Å². The van der Waals surface area contributed by atoms with E-state index in [1.807, 2.05) is 0 Å². The topological polar surface area (TPSA) is 81.7 Å². The first-order valence-electron chi connectivity index (χ1n) is 7.57. The number of carboxylic acid groups (broad SMARTS) is 1. The normalized spacial score (nSPS) is 28.2. The van der Waals surface area contributed by atoms with Crippen LogP contribution in [0.15, 0.2) is 0 Å². The first-order valence-corrected chi connectivity index (χ1v) is 7.57. The van der Waals surface area contributed by atoms with Crippen LogP contribution in [0.3, 0.4) is 0 Å². The summed E-state index contributed by atoms with van der Waals surface area (Å²) in [5.41, 5.74) is 0. The number of hydrogen-bond acceptors (Lipinski definition) is 3. The minimum Gasteiger partial charge on any atom is -0.481 e. The summed E-state index contributed by atoms with van der Waals surface area (Å²) in [7, 11) is 0. The van der Waals surface area contributed by atoms with Crippen molar-refractivity contribution in [1.82, 2.24) is 15.5 Å². The van der Waals surface area contributed by atoms with E-state index in [0.29, 0.717) is 25.4 Å². The van der Waals surface area contributed by atoms with Gasteiger partial charge in [-0.25, -0.2) is 4.79 Å². The molecule has 0 aromatic heterocycles. The highest BCUT2D eigenvalue weighted by Crippen LogP contribution is 2.25. The monoisotopic (exact) mass is 283 g/mol. The molecule has 0 bridgehead atoms. The van der Waals surface area contributed by atoms with Gasteiger partial charge in [0, 0.05) is 18.6 Å². The second kappa shape index (κ2) is 6.92. The van der Waals surface area contributed by atoms with Crippen LogP contribution < -0.4 is 10.6 Å². The molecule has 1 aliphatic carbocycles. The minimum absolute atomic E-state index is 0.00167. The van der Waals surface area contributed by atoms with Crippen molar-refractivity contribution in [3.05, 3.63) is 0 Å². The molecule has 6 nitrogen and oxygen atoms in total. The molecule has 2 fully saturated rings. The molecule has 1 saturated heterocycles. The molecular weight excluding hydrogens is 258 g/mol. The van der Waals surface area contributed by atoms with Crippen LogP contribution >= 0.6 is 0 Å². The summed E-state index contributed by atoms with van der Waals surface area (Å²) < 4.78 is 0.